The number of hydrogen-bond acceptors (Lipinski definition) is 4. The summed E-state index contributed by atoms with van der Waals surface area (Å²) in [5.41, 5.74) is 0.0872. The third-order valence-electron chi connectivity index (χ3n) is 3.24. The van der Waals surface area contributed by atoms with Crippen LogP contribution in [0.4, 0.5) is 17.6 Å². The Balaban J connectivity index is 0.000000539. The van der Waals surface area contributed by atoms with Gasteiger partial charge in [-0.25, -0.2) is 4.39 Å². The third kappa shape index (κ3) is 11.5. The van der Waals surface area contributed by atoms with Gasteiger partial charge in [0.15, 0.2) is 0 Å². The average molecular weight is 448 g/mol. The maximum Gasteiger partial charge on any atom is 0.573 e. The van der Waals surface area contributed by atoms with E-state index in [9.17, 15) is 27.2 Å². The summed E-state index contributed by atoms with van der Waals surface area (Å²) in [7, 11) is 0. The monoisotopic (exact) mass is 448 g/mol. The fourth-order valence-corrected chi connectivity index (χ4v) is 2.19. The van der Waals surface area contributed by atoms with Crippen LogP contribution in [0.3, 0.4) is 0 Å². The number of ether oxygens (including phenoxy) is 2. The molecule has 0 aromatic heterocycles. The van der Waals surface area contributed by atoms with Gasteiger partial charge >= 0.3 is 18.3 Å². The number of halogens is 4. The second kappa shape index (κ2) is 13.8. The molecule has 0 aliphatic heterocycles. The molecule has 0 fully saturated rings. The van der Waals surface area contributed by atoms with Gasteiger partial charge in [0.05, 0.1) is 19.4 Å². The van der Waals surface area contributed by atoms with Crippen LogP contribution in [0.15, 0.2) is 42.5 Å². The van der Waals surface area contributed by atoms with Gasteiger partial charge in [0.1, 0.15) is 17.3 Å². The van der Waals surface area contributed by atoms with Gasteiger partial charge in [-0.15, -0.1) is 13.2 Å². The Morgan fingerprint density at radius 1 is 0.903 bits per heavy atom. The second-order valence-corrected chi connectivity index (χ2v) is 5.45. The highest BCUT2D eigenvalue weighted by Crippen LogP contribution is 2.26. The normalized spacial score (nSPS) is 10.0. The molecule has 0 saturated carbocycles. The molecule has 2 N–H and O–H groups in total. The van der Waals surface area contributed by atoms with Gasteiger partial charge in [0, 0.05) is 11.1 Å². The van der Waals surface area contributed by atoms with Crippen molar-refractivity contribution >= 4 is 11.9 Å². The van der Waals surface area contributed by atoms with Gasteiger partial charge in [-0.2, -0.15) is 0 Å². The highest BCUT2D eigenvalue weighted by molar-refractivity contribution is 5.71. The van der Waals surface area contributed by atoms with E-state index in [1.807, 2.05) is 13.8 Å². The maximum absolute atomic E-state index is 13.2. The van der Waals surface area contributed by atoms with Crippen molar-refractivity contribution in [3.05, 3.63) is 59.4 Å². The van der Waals surface area contributed by atoms with E-state index in [0.29, 0.717) is 12.4 Å². The van der Waals surface area contributed by atoms with E-state index in [2.05, 4.69) is 4.74 Å². The topological polar surface area (TPSA) is 93.1 Å². The molecule has 0 aliphatic rings. The van der Waals surface area contributed by atoms with E-state index in [4.69, 9.17) is 14.9 Å². The zero-order valence-electron chi connectivity index (χ0n) is 17.2. The van der Waals surface area contributed by atoms with Crippen molar-refractivity contribution in [3.63, 3.8) is 0 Å². The van der Waals surface area contributed by atoms with E-state index in [1.54, 1.807) is 13.0 Å². The van der Waals surface area contributed by atoms with Gasteiger partial charge in [-0.05, 0) is 25.1 Å². The number of rotatable bonds is 7. The lowest BCUT2D eigenvalue weighted by molar-refractivity contribution is -0.275. The number of aliphatic carboxylic acids is 2. The quantitative estimate of drug-likeness (QED) is 0.573. The Hall–Kier alpha value is -3.30. The zero-order valence-corrected chi connectivity index (χ0v) is 17.2. The first kappa shape index (κ1) is 27.7. The molecule has 0 heterocycles. The highest BCUT2D eigenvalue weighted by atomic mass is 19.4. The molecule has 0 amide bonds. The lowest BCUT2D eigenvalue weighted by atomic mass is 10.1. The summed E-state index contributed by atoms with van der Waals surface area (Å²) >= 11 is 0. The fraction of sp³-hybridized carbons (Fsp3) is 0.333. The van der Waals surface area contributed by atoms with E-state index < -0.39 is 36.3 Å². The summed E-state index contributed by atoms with van der Waals surface area (Å²) in [6.45, 7) is 6.14. The van der Waals surface area contributed by atoms with E-state index in [0.717, 1.165) is 6.07 Å². The molecule has 0 radical (unpaired) electrons. The Kier molecular flexibility index (Phi) is 12.4. The van der Waals surface area contributed by atoms with Crippen LogP contribution in [0, 0.1) is 5.82 Å². The van der Waals surface area contributed by atoms with E-state index in [1.165, 1.54) is 30.3 Å². The van der Waals surface area contributed by atoms with Crippen LogP contribution in [0.2, 0.25) is 0 Å². The Morgan fingerprint density at radius 3 is 1.97 bits per heavy atom. The fourth-order valence-electron chi connectivity index (χ4n) is 2.19. The van der Waals surface area contributed by atoms with Crippen LogP contribution >= 0.6 is 0 Å². The summed E-state index contributed by atoms with van der Waals surface area (Å²) in [4.78, 5) is 20.8. The first-order valence-corrected chi connectivity index (χ1v) is 9.21. The number of carboxylic acid groups (broad SMARTS) is 2. The van der Waals surface area contributed by atoms with Gasteiger partial charge in [-0.1, -0.05) is 38.1 Å². The molecule has 0 unspecified atom stereocenters. The average Bonchev–Trinajstić information content (AvgIpc) is 2.67. The summed E-state index contributed by atoms with van der Waals surface area (Å²) in [6, 6.07) is 9.41. The lowest BCUT2D eigenvalue weighted by Crippen LogP contribution is -2.18. The van der Waals surface area contributed by atoms with Gasteiger partial charge < -0.3 is 19.7 Å². The van der Waals surface area contributed by atoms with Crippen LogP contribution in [0.1, 0.15) is 31.9 Å². The molecule has 2 aromatic carbocycles. The minimum atomic E-state index is -4.81. The van der Waals surface area contributed by atoms with Crippen molar-refractivity contribution in [2.75, 3.05) is 6.61 Å². The molecule has 2 aromatic rings. The summed E-state index contributed by atoms with van der Waals surface area (Å²) in [5, 5.41) is 17.0. The molecule has 0 spiro atoms. The van der Waals surface area contributed by atoms with Gasteiger partial charge in [0.2, 0.25) is 0 Å². The minimum Gasteiger partial charge on any atom is -0.493 e. The van der Waals surface area contributed by atoms with Crippen molar-refractivity contribution in [1.82, 2.24) is 0 Å². The summed E-state index contributed by atoms with van der Waals surface area (Å²) < 4.78 is 57.6. The summed E-state index contributed by atoms with van der Waals surface area (Å²) in [6.07, 6.45) is -5.68. The molecule has 0 atom stereocenters. The largest absolute Gasteiger partial charge is 0.573 e. The SMILES string of the molecule is CC.CCOc1cccc(F)c1CC(=O)O.O=C(O)Cc1ccccc1OC(F)(F)F. The van der Waals surface area contributed by atoms with Crippen LogP contribution in [0.5, 0.6) is 11.5 Å². The zero-order chi connectivity index (χ0) is 24.0. The second-order valence-electron chi connectivity index (χ2n) is 5.45. The number of benzene rings is 2. The lowest BCUT2D eigenvalue weighted by Gasteiger charge is -2.11. The molecule has 2 rings (SSSR count). The van der Waals surface area contributed by atoms with Gasteiger partial charge in [-0.3, -0.25) is 9.59 Å². The number of para-hydroxylation sites is 1. The van der Waals surface area contributed by atoms with Crippen molar-refractivity contribution in [3.8, 4) is 11.5 Å². The number of carbonyl (C=O) groups is 2. The standard InChI is InChI=1S/C10H11FO3.C9H7F3O3.C2H6/c1-2-14-9-5-3-4-8(11)7(9)6-10(12)13;10-9(11,12)15-7-4-2-1-3-6(7)5-8(13)14;1-2/h3-5H,2,6H2,1H3,(H,12,13);1-4H,5H2,(H,13,14);1-2H3. The number of carboxylic acids is 2. The van der Waals surface area contributed by atoms with Gasteiger partial charge in [0.25, 0.3) is 0 Å². The predicted molar refractivity (Wildman–Crippen MR) is 105 cm³/mol. The first-order chi connectivity index (χ1) is 14.5. The smallest absolute Gasteiger partial charge is 0.493 e. The third-order valence-corrected chi connectivity index (χ3v) is 3.24. The molecule has 10 heteroatoms. The molecular formula is C21H24F4O6. The Labute approximate surface area is 177 Å². The molecule has 0 bridgehead atoms. The van der Waals surface area contributed by atoms with Crippen molar-refractivity contribution < 1.29 is 46.8 Å². The predicted octanol–water partition coefficient (Wildman–Crippen LogP) is 5.09. The number of hydrogen-bond donors (Lipinski definition) is 2. The Morgan fingerprint density at radius 2 is 1.45 bits per heavy atom. The van der Waals surface area contributed by atoms with Crippen molar-refractivity contribution in [1.29, 1.82) is 0 Å². The first-order valence-electron chi connectivity index (χ1n) is 9.21. The highest BCUT2D eigenvalue weighted by Gasteiger charge is 2.32. The molecular weight excluding hydrogens is 424 g/mol. The van der Waals surface area contributed by atoms with Crippen molar-refractivity contribution in [2.45, 2.75) is 40.0 Å². The summed E-state index contributed by atoms with van der Waals surface area (Å²) in [5.74, 6) is -3.01. The van der Waals surface area contributed by atoms with E-state index >= 15 is 0 Å². The van der Waals surface area contributed by atoms with E-state index in [-0.39, 0.29) is 17.5 Å². The van der Waals surface area contributed by atoms with Crippen LogP contribution in [-0.4, -0.2) is 35.1 Å². The maximum atomic E-state index is 13.2. The van der Waals surface area contributed by atoms with Crippen LogP contribution in [0.25, 0.3) is 0 Å². The minimum absolute atomic E-state index is 0.0117. The van der Waals surface area contributed by atoms with Crippen LogP contribution < -0.4 is 9.47 Å². The molecule has 172 valence electrons. The molecule has 0 saturated heterocycles. The molecule has 6 nitrogen and oxygen atoms in total. The van der Waals surface area contributed by atoms with Crippen molar-refractivity contribution in [2.24, 2.45) is 0 Å². The van der Waals surface area contributed by atoms with Crippen LogP contribution in [-0.2, 0) is 22.4 Å². The Bertz CT molecular complexity index is 837. The molecule has 31 heavy (non-hydrogen) atoms. The molecule has 0 aliphatic carbocycles. The number of alkyl halides is 3.